The zero-order valence-electron chi connectivity index (χ0n) is 14.5. The SMILES string of the molecule is CCN1C[C@@H](COC)[C@@]2(CCN(C(=O)c3ccccc3C)C2)C1. The van der Waals surface area contributed by atoms with Crippen molar-refractivity contribution >= 4 is 5.91 Å². The van der Waals surface area contributed by atoms with Gasteiger partial charge in [0.05, 0.1) is 6.61 Å². The average Bonchev–Trinajstić information content (AvgIpc) is 3.13. The second kappa shape index (κ2) is 6.62. The van der Waals surface area contributed by atoms with Gasteiger partial charge >= 0.3 is 0 Å². The molecule has 0 radical (unpaired) electrons. The molecule has 2 fully saturated rings. The van der Waals surface area contributed by atoms with E-state index in [9.17, 15) is 4.79 Å². The van der Waals surface area contributed by atoms with Crippen LogP contribution in [0.3, 0.4) is 0 Å². The van der Waals surface area contributed by atoms with Crippen molar-refractivity contribution in [2.24, 2.45) is 11.3 Å². The first-order valence-electron chi connectivity index (χ1n) is 8.66. The standard InChI is InChI=1S/C19H28N2O2/c1-4-20-11-16(12-23-3)19(13-20)9-10-21(14-19)18(22)17-8-6-5-7-15(17)2/h5-8,16H,4,9-14H2,1-3H3/t16-,19-/m0/s1. The molecule has 1 spiro atoms. The molecule has 3 rings (SSSR count). The summed E-state index contributed by atoms with van der Waals surface area (Å²) < 4.78 is 5.47. The highest BCUT2D eigenvalue weighted by Crippen LogP contribution is 2.44. The molecular weight excluding hydrogens is 288 g/mol. The molecule has 0 aromatic heterocycles. The number of rotatable bonds is 4. The third-order valence-electron chi connectivity index (χ3n) is 5.75. The van der Waals surface area contributed by atoms with E-state index in [4.69, 9.17) is 4.74 Å². The highest BCUT2D eigenvalue weighted by molar-refractivity contribution is 5.95. The molecule has 0 aliphatic carbocycles. The van der Waals surface area contributed by atoms with Crippen LogP contribution >= 0.6 is 0 Å². The van der Waals surface area contributed by atoms with Crippen LogP contribution in [0.1, 0.15) is 29.3 Å². The first kappa shape index (κ1) is 16.5. The fourth-order valence-electron chi connectivity index (χ4n) is 4.33. The normalized spacial score (nSPS) is 28.0. The summed E-state index contributed by atoms with van der Waals surface area (Å²) in [6, 6.07) is 7.90. The van der Waals surface area contributed by atoms with Gasteiger partial charge in [0.15, 0.2) is 0 Å². The van der Waals surface area contributed by atoms with Crippen molar-refractivity contribution in [1.29, 1.82) is 0 Å². The Morgan fingerprint density at radius 3 is 2.83 bits per heavy atom. The molecule has 23 heavy (non-hydrogen) atoms. The fourth-order valence-corrected chi connectivity index (χ4v) is 4.33. The van der Waals surface area contributed by atoms with Crippen molar-refractivity contribution in [2.45, 2.75) is 20.3 Å². The number of likely N-dealkylation sites (tertiary alicyclic amines) is 2. The van der Waals surface area contributed by atoms with Gasteiger partial charge in [0.2, 0.25) is 0 Å². The van der Waals surface area contributed by atoms with Crippen molar-refractivity contribution in [3.63, 3.8) is 0 Å². The Kier molecular flexibility index (Phi) is 4.74. The predicted octanol–water partition coefficient (Wildman–Crippen LogP) is 2.43. The van der Waals surface area contributed by atoms with E-state index >= 15 is 0 Å². The van der Waals surface area contributed by atoms with Crippen LogP contribution in [0.2, 0.25) is 0 Å². The molecular formula is C19H28N2O2. The fraction of sp³-hybridized carbons (Fsp3) is 0.632. The molecule has 2 atom stereocenters. The lowest BCUT2D eigenvalue weighted by atomic mass is 9.77. The number of carbonyl (C=O) groups is 1. The van der Waals surface area contributed by atoms with Crippen LogP contribution in [-0.4, -0.2) is 62.1 Å². The zero-order chi connectivity index (χ0) is 16.4. The largest absolute Gasteiger partial charge is 0.384 e. The van der Waals surface area contributed by atoms with E-state index in [0.717, 1.165) is 56.9 Å². The maximum Gasteiger partial charge on any atom is 0.254 e. The zero-order valence-corrected chi connectivity index (χ0v) is 14.5. The Balaban J connectivity index is 1.77. The Morgan fingerprint density at radius 2 is 2.13 bits per heavy atom. The van der Waals surface area contributed by atoms with Crippen LogP contribution in [0.25, 0.3) is 0 Å². The maximum atomic E-state index is 12.9. The molecule has 4 heteroatoms. The Bertz CT molecular complexity index is 574. The minimum Gasteiger partial charge on any atom is -0.384 e. The average molecular weight is 316 g/mol. The van der Waals surface area contributed by atoms with Gasteiger partial charge in [-0.05, 0) is 31.5 Å². The van der Waals surface area contributed by atoms with E-state index in [0.29, 0.717) is 5.92 Å². The number of amides is 1. The molecule has 0 saturated carbocycles. The quantitative estimate of drug-likeness (QED) is 0.855. The number of benzene rings is 1. The van der Waals surface area contributed by atoms with E-state index in [2.05, 4.69) is 16.7 Å². The summed E-state index contributed by atoms with van der Waals surface area (Å²) in [4.78, 5) is 17.5. The summed E-state index contributed by atoms with van der Waals surface area (Å²) in [7, 11) is 1.79. The number of hydrogen-bond acceptors (Lipinski definition) is 3. The van der Waals surface area contributed by atoms with Crippen LogP contribution < -0.4 is 0 Å². The second-order valence-electron chi connectivity index (χ2n) is 7.13. The van der Waals surface area contributed by atoms with Crippen LogP contribution in [-0.2, 0) is 4.74 Å². The van der Waals surface area contributed by atoms with Gasteiger partial charge in [0.1, 0.15) is 0 Å². The molecule has 2 aliphatic rings. The number of hydrogen-bond donors (Lipinski definition) is 0. The van der Waals surface area contributed by atoms with Gasteiger partial charge in [0, 0.05) is 50.2 Å². The first-order chi connectivity index (χ1) is 11.1. The Labute approximate surface area is 139 Å². The molecule has 2 saturated heterocycles. The van der Waals surface area contributed by atoms with Crippen molar-refractivity contribution in [3.05, 3.63) is 35.4 Å². The summed E-state index contributed by atoms with van der Waals surface area (Å²) >= 11 is 0. The van der Waals surface area contributed by atoms with Crippen LogP contribution in [0.15, 0.2) is 24.3 Å². The molecule has 0 N–H and O–H groups in total. The third-order valence-corrected chi connectivity index (χ3v) is 5.75. The Hall–Kier alpha value is -1.39. The lowest BCUT2D eigenvalue weighted by Gasteiger charge is -2.30. The van der Waals surface area contributed by atoms with Crippen LogP contribution in [0.5, 0.6) is 0 Å². The minimum atomic E-state index is 0.186. The van der Waals surface area contributed by atoms with Gasteiger partial charge < -0.3 is 14.5 Å². The summed E-state index contributed by atoms with van der Waals surface area (Å²) in [5.74, 6) is 0.716. The van der Waals surface area contributed by atoms with Crippen molar-refractivity contribution < 1.29 is 9.53 Å². The lowest BCUT2D eigenvalue weighted by molar-refractivity contribution is 0.0715. The van der Waals surface area contributed by atoms with E-state index in [1.165, 1.54) is 0 Å². The van der Waals surface area contributed by atoms with E-state index in [-0.39, 0.29) is 11.3 Å². The van der Waals surface area contributed by atoms with Crippen molar-refractivity contribution in [1.82, 2.24) is 9.80 Å². The van der Waals surface area contributed by atoms with Gasteiger partial charge in [0.25, 0.3) is 5.91 Å². The molecule has 0 unspecified atom stereocenters. The number of aryl methyl sites for hydroxylation is 1. The summed E-state index contributed by atoms with van der Waals surface area (Å²) in [5, 5.41) is 0. The third kappa shape index (κ3) is 3.02. The van der Waals surface area contributed by atoms with Crippen molar-refractivity contribution in [3.8, 4) is 0 Å². The van der Waals surface area contributed by atoms with Gasteiger partial charge in [-0.25, -0.2) is 0 Å². The second-order valence-corrected chi connectivity index (χ2v) is 7.13. The highest BCUT2D eigenvalue weighted by atomic mass is 16.5. The van der Waals surface area contributed by atoms with Gasteiger partial charge in [-0.2, -0.15) is 0 Å². The molecule has 0 bridgehead atoms. The summed E-state index contributed by atoms with van der Waals surface area (Å²) in [6.45, 7) is 10.0. The lowest BCUT2D eigenvalue weighted by Crippen LogP contribution is -2.38. The predicted molar refractivity (Wildman–Crippen MR) is 91.6 cm³/mol. The van der Waals surface area contributed by atoms with Crippen molar-refractivity contribution in [2.75, 3.05) is 46.4 Å². The number of carbonyl (C=O) groups excluding carboxylic acids is 1. The molecule has 2 aliphatic heterocycles. The van der Waals surface area contributed by atoms with Crippen LogP contribution in [0.4, 0.5) is 0 Å². The van der Waals surface area contributed by atoms with E-state index in [1.807, 2.05) is 31.2 Å². The van der Waals surface area contributed by atoms with Crippen LogP contribution in [0, 0.1) is 18.3 Å². The van der Waals surface area contributed by atoms with Gasteiger partial charge in [-0.1, -0.05) is 25.1 Å². The summed E-state index contributed by atoms with van der Waals surface area (Å²) in [6.07, 6.45) is 1.09. The number of ether oxygens (including phenoxy) is 1. The van der Waals surface area contributed by atoms with Gasteiger partial charge in [-0.3, -0.25) is 4.79 Å². The monoisotopic (exact) mass is 316 g/mol. The maximum absolute atomic E-state index is 12.9. The number of methoxy groups -OCH3 is 1. The summed E-state index contributed by atoms with van der Waals surface area (Å²) in [5.41, 5.74) is 2.12. The molecule has 1 amide bonds. The molecule has 4 nitrogen and oxygen atoms in total. The van der Waals surface area contributed by atoms with Gasteiger partial charge in [-0.15, -0.1) is 0 Å². The molecule has 126 valence electrons. The topological polar surface area (TPSA) is 32.8 Å². The highest BCUT2D eigenvalue weighted by Gasteiger charge is 2.50. The number of nitrogens with zero attached hydrogens (tertiary/aromatic N) is 2. The first-order valence-corrected chi connectivity index (χ1v) is 8.66. The van der Waals surface area contributed by atoms with E-state index < -0.39 is 0 Å². The minimum absolute atomic E-state index is 0.186. The molecule has 1 aromatic rings. The van der Waals surface area contributed by atoms with E-state index in [1.54, 1.807) is 7.11 Å². The molecule has 1 aromatic carbocycles. The smallest absolute Gasteiger partial charge is 0.254 e. The Morgan fingerprint density at radius 1 is 1.35 bits per heavy atom. The molecule has 2 heterocycles.